The van der Waals surface area contributed by atoms with Gasteiger partial charge in [0.2, 0.25) is 0 Å². The first-order valence-electron chi connectivity index (χ1n) is 1.54. The fourth-order valence-corrected chi connectivity index (χ4v) is 3.52. The van der Waals surface area contributed by atoms with Crippen LogP contribution >= 0.6 is 0 Å². The van der Waals surface area contributed by atoms with Gasteiger partial charge in [-0.2, -0.15) is 0 Å². The van der Waals surface area contributed by atoms with Crippen molar-refractivity contribution in [2.75, 3.05) is 0 Å². The first kappa shape index (κ1) is 3.57. The predicted molar refractivity (Wildman–Crippen MR) is 17.0 cm³/mol. The van der Waals surface area contributed by atoms with Crippen LogP contribution in [0.1, 0.15) is 0 Å². The molecule has 0 aromatic rings. The maximum atomic E-state index is 8.49. The van der Waals surface area contributed by atoms with E-state index in [1.54, 1.807) is 0 Å². The summed E-state index contributed by atoms with van der Waals surface area (Å²) in [6.07, 6.45) is 0. The Morgan fingerprint density at radius 3 is 1.67 bits per heavy atom. The Morgan fingerprint density at radius 2 is 1.67 bits per heavy atom. The van der Waals surface area contributed by atoms with Crippen LogP contribution in [0.25, 0.3) is 0 Å². The highest BCUT2D eigenvalue weighted by molar-refractivity contribution is 6.88. The maximum Gasteiger partial charge on any atom is 0.885 e. The Bertz CT molecular complexity index is 74.5. The van der Waals surface area contributed by atoms with Crippen LogP contribution in [0.2, 0.25) is 0 Å². The third-order valence-corrected chi connectivity index (χ3v) is 6.62. The summed E-state index contributed by atoms with van der Waals surface area (Å²) in [4.78, 5) is 8.49. The Balaban J connectivity index is 2.19. The van der Waals surface area contributed by atoms with Crippen LogP contribution in [-0.4, -0.2) is 29.0 Å². The third kappa shape index (κ3) is 0.243. The molecule has 32 valence electrons. The van der Waals surface area contributed by atoms with E-state index >= 15 is 0 Å². The summed E-state index contributed by atoms with van der Waals surface area (Å²) in [5, 5.41) is 0. The zero-order chi connectivity index (χ0) is 4.20. The lowest BCUT2D eigenvalue weighted by Crippen LogP contribution is -2.80. The van der Waals surface area contributed by atoms with Crippen LogP contribution in [0, 0.1) is 0 Å². The summed E-state index contributed by atoms with van der Waals surface area (Å²) in [5.74, 6) is 0. The minimum atomic E-state index is -2.75. The summed E-state index contributed by atoms with van der Waals surface area (Å²) in [5.41, 5.74) is 0. The minimum Gasteiger partial charge on any atom is -0.437 e. The quantitative estimate of drug-likeness (QED) is 0.394. The summed E-state index contributed by atoms with van der Waals surface area (Å²) in [6, 6.07) is 0. The molecule has 0 unspecified atom stereocenters. The van der Waals surface area contributed by atoms with Gasteiger partial charge in [-0.25, -0.2) is 0 Å². The molecule has 3 saturated heterocycles. The van der Waals surface area contributed by atoms with Gasteiger partial charge in [-0.3, -0.25) is 0 Å². The highest BCUT2D eigenvalue weighted by Crippen LogP contribution is 2.33. The Kier molecular flexibility index (Phi) is 0.442. The number of hydrogen-bond donors (Lipinski definition) is 1. The Hall–Kier alpha value is 0.589. The van der Waals surface area contributed by atoms with E-state index in [0.29, 0.717) is 0 Å². The molecule has 0 saturated carbocycles. The molecule has 6 heteroatoms. The molecule has 3 aliphatic rings. The van der Waals surface area contributed by atoms with Gasteiger partial charge < -0.3 is 15.2 Å². The lowest BCUT2D eigenvalue weighted by Gasteiger charge is -2.48. The standard InChI is InChI=1S/Al.HO4Si/c;1-5(2,3)4/h;1H/q+3;-3. The van der Waals surface area contributed by atoms with Crippen molar-refractivity contribution in [3.8, 4) is 0 Å². The number of rotatable bonds is 0. The first-order valence-corrected chi connectivity index (χ1v) is 4.63. The molecule has 0 radical (unpaired) electrons. The predicted octanol–water partition coefficient (Wildman–Crippen LogP) is -1.52. The first-order chi connectivity index (χ1) is 2.79. The lowest BCUT2D eigenvalue weighted by molar-refractivity contribution is -0.0659. The fraction of sp³-hybridized carbons (Fsp3) is 0. The van der Waals surface area contributed by atoms with Crippen molar-refractivity contribution >= 4 is 24.2 Å². The summed E-state index contributed by atoms with van der Waals surface area (Å²) < 4.78 is 13.8. The molecular weight excluding hydrogens is 119 g/mol. The van der Waals surface area contributed by atoms with E-state index in [4.69, 9.17) is 4.80 Å². The molecule has 1 N–H and O–H groups in total. The van der Waals surface area contributed by atoms with Crippen molar-refractivity contribution in [1.82, 2.24) is 0 Å². The van der Waals surface area contributed by atoms with Gasteiger partial charge in [0.1, 0.15) is 0 Å². The molecule has 3 rings (SSSR count). The van der Waals surface area contributed by atoms with Gasteiger partial charge in [0.05, 0.1) is 0 Å². The Labute approximate surface area is 40.1 Å². The molecule has 0 aliphatic carbocycles. The van der Waals surface area contributed by atoms with Crippen LogP contribution in [0.15, 0.2) is 0 Å². The van der Waals surface area contributed by atoms with Gasteiger partial charge in [-0.15, -0.1) is 0 Å². The van der Waals surface area contributed by atoms with Crippen molar-refractivity contribution in [3.63, 3.8) is 0 Å². The molecule has 3 heterocycles. The van der Waals surface area contributed by atoms with E-state index in [9.17, 15) is 0 Å². The van der Waals surface area contributed by atoms with E-state index in [0.717, 1.165) is 0 Å². The normalized spacial score (nSPS) is 34.5. The van der Waals surface area contributed by atoms with Gasteiger partial charge in [-0.05, 0) is 0 Å². The number of hydrogen-bond acceptors (Lipinski definition) is 4. The second-order valence-corrected chi connectivity index (χ2v) is 5.62. The molecule has 3 fully saturated rings. The van der Waals surface area contributed by atoms with Crippen LogP contribution in [0.4, 0.5) is 0 Å². The molecule has 6 heavy (non-hydrogen) atoms. The summed E-state index contributed by atoms with van der Waals surface area (Å²) >= 11 is -1.58. The highest BCUT2D eigenvalue weighted by atomic mass is 28.5. The van der Waals surface area contributed by atoms with Crippen LogP contribution in [-0.2, 0) is 10.4 Å². The minimum absolute atomic E-state index is 1.58. The van der Waals surface area contributed by atoms with Crippen LogP contribution in [0.3, 0.4) is 0 Å². The fourth-order valence-electron chi connectivity index (χ4n) is 0.391. The molecule has 0 spiro atoms. The SMILES string of the molecule is O[Si]12[O][Al]([O]1)[O]2. The van der Waals surface area contributed by atoms with Gasteiger partial charge in [0.15, 0.2) is 0 Å². The van der Waals surface area contributed by atoms with E-state index < -0.39 is 24.2 Å². The second kappa shape index (κ2) is 0.743. The Morgan fingerprint density at radius 1 is 1.33 bits per heavy atom. The second-order valence-electron chi connectivity index (χ2n) is 1.17. The van der Waals surface area contributed by atoms with Crippen molar-refractivity contribution in [1.29, 1.82) is 0 Å². The molecule has 0 atom stereocenters. The molecule has 3 aliphatic heterocycles. The zero-order valence-corrected chi connectivity index (χ0v) is 4.90. The van der Waals surface area contributed by atoms with Gasteiger partial charge in [0, 0.05) is 0 Å². The monoisotopic (exact) mass is 120 g/mol. The van der Waals surface area contributed by atoms with Crippen LogP contribution < -0.4 is 0 Å². The average molecular weight is 120 g/mol. The summed E-state index contributed by atoms with van der Waals surface area (Å²) in [7, 11) is -2.75. The molecule has 0 aromatic carbocycles. The molecular formula is HAlO4Si. The van der Waals surface area contributed by atoms with E-state index in [2.05, 4.69) is 10.4 Å². The van der Waals surface area contributed by atoms with E-state index in [1.807, 2.05) is 0 Å². The highest BCUT2D eigenvalue weighted by Gasteiger charge is 2.77. The topological polar surface area (TPSA) is 47.9 Å². The van der Waals surface area contributed by atoms with Crippen molar-refractivity contribution < 1.29 is 15.2 Å². The van der Waals surface area contributed by atoms with Crippen LogP contribution in [0.5, 0.6) is 0 Å². The summed E-state index contributed by atoms with van der Waals surface area (Å²) in [6.45, 7) is 0. The zero-order valence-electron chi connectivity index (χ0n) is 2.75. The van der Waals surface area contributed by atoms with E-state index in [1.165, 1.54) is 0 Å². The van der Waals surface area contributed by atoms with Crippen molar-refractivity contribution in [3.05, 3.63) is 0 Å². The smallest absolute Gasteiger partial charge is 0.437 e. The molecule has 0 amide bonds. The molecule has 4 nitrogen and oxygen atoms in total. The van der Waals surface area contributed by atoms with E-state index in [-0.39, 0.29) is 0 Å². The van der Waals surface area contributed by atoms with Crippen molar-refractivity contribution in [2.24, 2.45) is 0 Å². The van der Waals surface area contributed by atoms with Crippen molar-refractivity contribution in [2.45, 2.75) is 0 Å². The molecule has 0 aromatic heterocycles. The third-order valence-electron chi connectivity index (χ3n) is 0.735. The van der Waals surface area contributed by atoms with Gasteiger partial charge >= 0.3 is 24.2 Å². The lowest BCUT2D eigenvalue weighted by atomic mass is 15.5. The van der Waals surface area contributed by atoms with Gasteiger partial charge in [0.25, 0.3) is 0 Å². The maximum absolute atomic E-state index is 8.49. The largest absolute Gasteiger partial charge is 0.885 e. The average Bonchev–Trinajstić information content (AvgIpc) is 1.24. The van der Waals surface area contributed by atoms with Gasteiger partial charge in [-0.1, -0.05) is 0 Å². The molecule has 2 bridgehead atoms.